The molecule has 1 unspecified atom stereocenters. The Balaban J connectivity index is 2.83. The summed E-state index contributed by atoms with van der Waals surface area (Å²) < 4.78 is 11.3. The Morgan fingerprint density at radius 3 is 2.48 bits per heavy atom. The molecule has 0 N–H and O–H groups in total. The molecule has 0 saturated carbocycles. The monoisotopic (exact) mass is 361 g/mol. The van der Waals surface area contributed by atoms with Gasteiger partial charge in [-0.3, -0.25) is 4.79 Å². The van der Waals surface area contributed by atoms with Crippen molar-refractivity contribution >= 4 is 28.0 Å². The van der Waals surface area contributed by atoms with Gasteiger partial charge >= 0.3 is 12.1 Å². The fraction of sp³-hybridized carbons (Fsp3) is 0.733. The topological polar surface area (TPSA) is 55.8 Å². The molecular formula is C15H24BrNO4. The molecule has 0 radical (unpaired) electrons. The Kier molecular flexibility index (Phi) is 5.84. The number of amides is 1. The maximum absolute atomic E-state index is 12.3. The zero-order chi connectivity index (χ0) is 16.3. The average molecular weight is 362 g/mol. The Morgan fingerprint density at radius 2 is 2.00 bits per heavy atom. The number of carbonyl (C=O) groups is 2. The lowest BCUT2D eigenvalue weighted by molar-refractivity contribution is -0.154. The highest BCUT2D eigenvalue weighted by molar-refractivity contribution is 9.11. The second kappa shape index (κ2) is 6.81. The van der Waals surface area contributed by atoms with Gasteiger partial charge in [-0.1, -0.05) is 22.5 Å². The Bertz CT molecular complexity index is 430. The van der Waals surface area contributed by atoms with Gasteiger partial charge in [0.05, 0.1) is 12.0 Å². The molecule has 0 aromatic rings. The van der Waals surface area contributed by atoms with Crippen LogP contribution in [0.5, 0.6) is 0 Å². The van der Waals surface area contributed by atoms with Crippen LogP contribution in [0.3, 0.4) is 0 Å². The van der Waals surface area contributed by atoms with Crippen molar-refractivity contribution in [1.82, 2.24) is 4.90 Å². The van der Waals surface area contributed by atoms with Gasteiger partial charge in [-0.2, -0.15) is 0 Å². The molecular weight excluding hydrogens is 338 g/mol. The average Bonchev–Trinajstić information content (AvgIpc) is 2.72. The molecule has 0 spiro atoms. The number of rotatable bonds is 4. The van der Waals surface area contributed by atoms with Crippen LogP contribution in [0.25, 0.3) is 0 Å². The van der Waals surface area contributed by atoms with Crippen molar-refractivity contribution in [3.8, 4) is 0 Å². The predicted molar refractivity (Wildman–Crippen MR) is 84.2 cm³/mol. The molecule has 5 nitrogen and oxygen atoms in total. The molecule has 120 valence electrons. The smallest absolute Gasteiger partial charge is 0.410 e. The third-order valence-electron chi connectivity index (χ3n) is 3.24. The van der Waals surface area contributed by atoms with E-state index in [1.165, 1.54) is 0 Å². The number of halogens is 1. The summed E-state index contributed by atoms with van der Waals surface area (Å²) in [6.07, 6.45) is 0.606. The SMILES string of the molecule is C=C(Br)CC1(C(=O)OCC)CCN(C(=O)OC(C)(C)C)C1. The van der Waals surface area contributed by atoms with Gasteiger partial charge in [0.15, 0.2) is 0 Å². The van der Waals surface area contributed by atoms with Crippen LogP contribution >= 0.6 is 15.9 Å². The van der Waals surface area contributed by atoms with Crippen molar-refractivity contribution in [3.63, 3.8) is 0 Å². The minimum Gasteiger partial charge on any atom is -0.466 e. The van der Waals surface area contributed by atoms with Gasteiger partial charge in [0.2, 0.25) is 0 Å². The Hall–Kier alpha value is -1.04. The van der Waals surface area contributed by atoms with Crippen LogP contribution in [0, 0.1) is 5.41 Å². The summed E-state index contributed by atoms with van der Waals surface area (Å²) in [5.41, 5.74) is -1.28. The van der Waals surface area contributed by atoms with E-state index >= 15 is 0 Å². The zero-order valence-electron chi connectivity index (χ0n) is 13.2. The number of ether oxygens (including phenoxy) is 2. The van der Waals surface area contributed by atoms with Gasteiger partial charge in [-0.25, -0.2) is 4.79 Å². The van der Waals surface area contributed by atoms with Crippen LogP contribution < -0.4 is 0 Å². The first-order chi connectivity index (χ1) is 9.59. The normalized spacial score (nSPS) is 22.0. The van der Waals surface area contributed by atoms with E-state index in [0.717, 1.165) is 4.48 Å². The maximum Gasteiger partial charge on any atom is 0.410 e. The molecule has 1 aliphatic rings. The molecule has 1 aliphatic heterocycles. The summed E-state index contributed by atoms with van der Waals surface area (Å²) in [7, 11) is 0. The number of nitrogens with zero attached hydrogens (tertiary/aromatic N) is 1. The quantitative estimate of drug-likeness (QED) is 0.719. The summed E-state index contributed by atoms with van der Waals surface area (Å²) in [6.45, 7) is 12.1. The van der Waals surface area contributed by atoms with Gasteiger partial charge in [0.1, 0.15) is 5.60 Å². The number of esters is 1. The lowest BCUT2D eigenvalue weighted by Gasteiger charge is -2.28. The Morgan fingerprint density at radius 1 is 1.38 bits per heavy atom. The van der Waals surface area contributed by atoms with Gasteiger partial charge in [-0.15, -0.1) is 0 Å². The molecule has 1 amide bonds. The molecule has 6 heteroatoms. The second-order valence-electron chi connectivity index (χ2n) is 6.35. The van der Waals surface area contributed by atoms with Crippen molar-refractivity contribution in [2.75, 3.05) is 19.7 Å². The van der Waals surface area contributed by atoms with Crippen LogP contribution in [0.15, 0.2) is 11.1 Å². The van der Waals surface area contributed by atoms with Crippen molar-refractivity contribution < 1.29 is 19.1 Å². The van der Waals surface area contributed by atoms with Crippen LogP contribution in [-0.2, 0) is 14.3 Å². The minimum atomic E-state index is -0.729. The number of hydrogen-bond acceptors (Lipinski definition) is 4. The number of allylic oxidation sites excluding steroid dienone is 1. The second-order valence-corrected chi connectivity index (χ2v) is 7.47. The first-order valence-electron chi connectivity index (χ1n) is 7.08. The van der Waals surface area contributed by atoms with E-state index in [-0.39, 0.29) is 5.97 Å². The van der Waals surface area contributed by atoms with E-state index in [9.17, 15) is 9.59 Å². The molecule has 0 aromatic carbocycles. The first kappa shape index (κ1) is 18.0. The fourth-order valence-electron chi connectivity index (χ4n) is 2.39. The van der Waals surface area contributed by atoms with E-state index in [2.05, 4.69) is 22.5 Å². The number of carbonyl (C=O) groups excluding carboxylic acids is 2. The van der Waals surface area contributed by atoms with Crippen LogP contribution in [-0.4, -0.2) is 42.3 Å². The number of hydrogen-bond donors (Lipinski definition) is 0. The summed E-state index contributed by atoms with van der Waals surface area (Å²) in [4.78, 5) is 26.0. The van der Waals surface area contributed by atoms with Gasteiger partial charge < -0.3 is 14.4 Å². The van der Waals surface area contributed by atoms with E-state index in [0.29, 0.717) is 32.5 Å². The largest absolute Gasteiger partial charge is 0.466 e. The third kappa shape index (κ3) is 5.02. The van der Waals surface area contributed by atoms with Crippen LogP contribution in [0.4, 0.5) is 4.79 Å². The molecule has 0 aromatic heterocycles. The van der Waals surface area contributed by atoms with Crippen molar-refractivity contribution in [3.05, 3.63) is 11.1 Å². The molecule has 0 aliphatic carbocycles. The van der Waals surface area contributed by atoms with Crippen molar-refractivity contribution in [2.24, 2.45) is 5.41 Å². The van der Waals surface area contributed by atoms with Crippen LogP contribution in [0.1, 0.15) is 40.5 Å². The summed E-state index contributed by atoms with van der Waals surface area (Å²) in [5.74, 6) is -0.281. The van der Waals surface area contributed by atoms with E-state index in [4.69, 9.17) is 9.47 Å². The summed E-state index contributed by atoms with van der Waals surface area (Å²) in [6, 6.07) is 0. The summed E-state index contributed by atoms with van der Waals surface area (Å²) in [5, 5.41) is 0. The fourth-order valence-corrected chi connectivity index (χ4v) is 2.93. The highest BCUT2D eigenvalue weighted by atomic mass is 79.9. The third-order valence-corrected chi connectivity index (χ3v) is 3.52. The first-order valence-corrected chi connectivity index (χ1v) is 7.87. The van der Waals surface area contributed by atoms with Gasteiger partial charge in [-0.05, 0) is 45.0 Å². The predicted octanol–water partition coefficient (Wildman–Crippen LogP) is 3.48. The molecule has 1 fully saturated rings. The standard InChI is InChI=1S/C15H24BrNO4/c1-6-20-12(18)15(9-11(2)16)7-8-17(10-15)13(19)21-14(3,4)5/h2,6-10H2,1,3-5H3. The molecule has 1 rings (SSSR count). The summed E-state index contributed by atoms with van der Waals surface area (Å²) >= 11 is 3.31. The zero-order valence-corrected chi connectivity index (χ0v) is 14.8. The Labute approximate surface area is 134 Å². The lowest BCUT2D eigenvalue weighted by atomic mass is 9.83. The van der Waals surface area contributed by atoms with Crippen molar-refractivity contribution in [1.29, 1.82) is 0 Å². The highest BCUT2D eigenvalue weighted by Gasteiger charge is 2.48. The lowest BCUT2D eigenvalue weighted by Crippen LogP contribution is -2.40. The highest BCUT2D eigenvalue weighted by Crippen LogP contribution is 2.39. The van der Waals surface area contributed by atoms with E-state index in [1.54, 1.807) is 11.8 Å². The van der Waals surface area contributed by atoms with Gasteiger partial charge in [0, 0.05) is 13.1 Å². The van der Waals surface area contributed by atoms with E-state index < -0.39 is 17.1 Å². The number of likely N-dealkylation sites (tertiary alicyclic amines) is 1. The molecule has 0 bridgehead atoms. The molecule has 1 atom stereocenters. The van der Waals surface area contributed by atoms with Crippen molar-refractivity contribution in [2.45, 2.75) is 46.1 Å². The molecule has 1 saturated heterocycles. The molecule has 1 heterocycles. The molecule has 21 heavy (non-hydrogen) atoms. The minimum absolute atomic E-state index is 0.281. The van der Waals surface area contributed by atoms with Crippen LogP contribution in [0.2, 0.25) is 0 Å². The maximum atomic E-state index is 12.3. The van der Waals surface area contributed by atoms with E-state index in [1.807, 2.05) is 20.8 Å². The van der Waals surface area contributed by atoms with Gasteiger partial charge in [0.25, 0.3) is 0 Å².